The van der Waals surface area contributed by atoms with E-state index in [-0.39, 0.29) is 18.5 Å². The van der Waals surface area contributed by atoms with Crippen LogP contribution in [0.5, 0.6) is 0 Å². The lowest BCUT2D eigenvalue weighted by Gasteiger charge is -2.15. The Morgan fingerprint density at radius 2 is 2.00 bits per heavy atom. The molecule has 0 spiro atoms. The smallest absolute Gasteiger partial charge is 0.160 e. The van der Waals surface area contributed by atoms with E-state index in [9.17, 15) is 0 Å². The topological polar surface area (TPSA) is 36.9 Å². The summed E-state index contributed by atoms with van der Waals surface area (Å²) in [5, 5.41) is 0. The highest BCUT2D eigenvalue weighted by molar-refractivity contribution is 4.78. The molecule has 1 unspecified atom stereocenters. The van der Waals surface area contributed by atoms with Crippen molar-refractivity contribution in [1.29, 1.82) is 0 Å². The molecule has 0 aromatic rings. The predicted octanol–water partition coefficient (Wildman–Crippen LogP) is 0.409. The standard InChI is InChI=1S/C8H16O4/c1-9-5-7-6(10-2)4-8(11-3)12-7/h6-8H,4-5H2,1-3H3/t6-,7+,8?/m0/s1. The highest BCUT2D eigenvalue weighted by Gasteiger charge is 2.35. The Morgan fingerprint density at radius 1 is 1.25 bits per heavy atom. The van der Waals surface area contributed by atoms with Crippen molar-refractivity contribution in [1.82, 2.24) is 0 Å². The molecule has 0 aromatic carbocycles. The van der Waals surface area contributed by atoms with E-state index < -0.39 is 0 Å². The molecule has 0 bridgehead atoms. The minimum Gasteiger partial charge on any atom is -0.382 e. The highest BCUT2D eigenvalue weighted by Crippen LogP contribution is 2.23. The summed E-state index contributed by atoms with van der Waals surface area (Å²) < 4.78 is 20.8. The van der Waals surface area contributed by atoms with Crippen LogP contribution in [-0.2, 0) is 18.9 Å². The predicted molar refractivity (Wildman–Crippen MR) is 43.0 cm³/mol. The van der Waals surface area contributed by atoms with E-state index in [1.807, 2.05) is 0 Å². The quantitative estimate of drug-likeness (QED) is 0.621. The summed E-state index contributed by atoms with van der Waals surface area (Å²) in [6, 6.07) is 0. The van der Waals surface area contributed by atoms with Crippen LogP contribution >= 0.6 is 0 Å². The first-order valence-corrected chi connectivity index (χ1v) is 4.01. The highest BCUT2D eigenvalue weighted by atomic mass is 16.7. The van der Waals surface area contributed by atoms with Crippen LogP contribution in [0.4, 0.5) is 0 Å². The molecule has 1 rings (SSSR count). The van der Waals surface area contributed by atoms with Gasteiger partial charge in [-0.3, -0.25) is 0 Å². The molecule has 4 heteroatoms. The van der Waals surface area contributed by atoms with Crippen molar-refractivity contribution < 1.29 is 18.9 Å². The molecule has 0 aliphatic carbocycles. The summed E-state index contributed by atoms with van der Waals surface area (Å²) in [6.45, 7) is 0.554. The van der Waals surface area contributed by atoms with Gasteiger partial charge in [0.1, 0.15) is 6.10 Å². The Bertz CT molecular complexity index is 128. The zero-order valence-electron chi connectivity index (χ0n) is 7.78. The summed E-state index contributed by atoms with van der Waals surface area (Å²) in [7, 11) is 4.96. The molecule has 0 aromatic heterocycles. The maximum absolute atomic E-state index is 5.48. The molecule has 12 heavy (non-hydrogen) atoms. The molecule has 1 saturated heterocycles. The Labute approximate surface area is 72.7 Å². The lowest BCUT2D eigenvalue weighted by molar-refractivity contribution is -0.131. The number of hydrogen-bond donors (Lipinski definition) is 0. The minimum absolute atomic E-state index is 0.00458. The van der Waals surface area contributed by atoms with Crippen LogP contribution in [0.25, 0.3) is 0 Å². The van der Waals surface area contributed by atoms with Gasteiger partial charge in [-0.05, 0) is 0 Å². The van der Waals surface area contributed by atoms with Gasteiger partial charge < -0.3 is 18.9 Å². The van der Waals surface area contributed by atoms with E-state index >= 15 is 0 Å². The molecule has 1 heterocycles. The number of hydrogen-bond acceptors (Lipinski definition) is 4. The van der Waals surface area contributed by atoms with Gasteiger partial charge >= 0.3 is 0 Å². The molecule has 0 amide bonds. The zero-order chi connectivity index (χ0) is 8.97. The Balaban J connectivity index is 2.39. The summed E-state index contributed by atoms with van der Waals surface area (Å²) in [5.74, 6) is 0. The van der Waals surface area contributed by atoms with E-state index in [0.29, 0.717) is 6.61 Å². The van der Waals surface area contributed by atoms with Crippen molar-refractivity contribution in [2.45, 2.75) is 24.9 Å². The van der Waals surface area contributed by atoms with E-state index in [4.69, 9.17) is 18.9 Å². The van der Waals surface area contributed by atoms with Crippen molar-refractivity contribution >= 4 is 0 Å². The summed E-state index contributed by atoms with van der Waals surface area (Å²) in [6.07, 6.45) is 0.732. The average molecular weight is 176 g/mol. The van der Waals surface area contributed by atoms with Crippen LogP contribution in [-0.4, -0.2) is 46.4 Å². The summed E-state index contributed by atoms with van der Waals surface area (Å²) >= 11 is 0. The molecule has 4 nitrogen and oxygen atoms in total. The molecule has 72 valence electrons. The molecule has 0 N–H and O–H groups in total. The molecule has 0 radical (unpaired) electrons. The van der Waals surface area contributed by atoms with Crippen LogP contribution in [0.2, 0.25) is 0 Å². The Kier molecular flexibility index (Phi) is 3.94. The number of methoxy groups -OCH3 is 3. The van der Waals surface area contributed by atoms with Crippen LogP contribution in [0, 0.1) is 0 Å². The van der Waals surface area contributed by atoms with Crippen LogP contribution < -0.4 is 0 Å². The van der Waals surface area contributed by atoms with Crippen LogP contribution in [0.3, 0.4) is 0 Å². The third kappa shape index (κ3) is 2.17. The molecule has 1 fully saturated rings. The van der Waals surface area contributed by atoms with E-state index in [1.54, 1.807) is 21.3 Å². The van der Waals surface area contributed by atoms with Gasteiger partial charge in [0.05, 0.1) is 12.7 Å². The van der Waals surface area contributed by atoms with Gasteiger partial charge in [-0.2, -0.15) is 0 Å². The SMILES string of the molecule is COC[C@H]1OC(OC)C[C@@H]1OC. The monoisotopic (exact) mass is 176 g/mol. The van der Waals surface area contributed by atoms with Gasteiger partial charge in [0.15, 0.2) is 6.29 Å². The summed E-state index contributed by atoms with van der Waals surface area (Å²) in [5.41, 5.74) is 0. The first-order valence-electron chi connectivity index (χ1n) is 4.01. The number of ether oxygens (including phenoxy) is 4. The number of rotatable bonds is 4. The Morgan fingerprint density at radius 3 is 2.50 bits per heavy atom. The Hall–Kier alpha value is -0.160. The first-order chi connectivity index (χ1) is 5.81. The van der Waals surface area contributed by atoms with Crippen LogP contribution in [0.1, 0.15) is 6.42 Å². The fourth-order valence-electron chi connectivity index (χ4n) is 1.39. The van der Waals surface area contributed by atoms with Crippen LogP contribution in [0.15, 0.2) is 0 Å². The van der Waals surface area contributed by atoms with Gasteiger partial charge in [0.2, 0.25) is 0 Å². The lowest BCUT2D eigenvalue weighted by Crippen LogP contribution is -2.27. The largest absolute Gasteiger partial charge is 0.382 e. The van der Waals surface area contributed by atoms with Gasteiger partial charge in [0.25, 0.3) is 0 Å². The van der Waals surface area contributed by atoms with Gasteiger partial charge in [0, 0.05) is 27.8 Å². The van der Waals surface area contributed by atoms with Gasteiger partial charge in [-0.15, -0.1) is 0 Å². The first kappa shape index (κ1) is 9.92. The minimum atomic E-state index is -0.143. The lowest BCUT2D eigenvalue weighted by atomic mass is 10.2. The maximum Gasteiger partial charge on any atom is 0.160 e. The fraction of sp³-hybridized carbons (Fsp3) is 1.00. The maximum atomic E-state index is 5.48. The third-order valence-electron chi connectivity index (χ3n) is 2.06. The third-order valence-corrected chi connectivity index (χ3v) is 2.06. The van der Waals surface area contributed by atoms with E-state index in [0.717, 1.165) is 6.42 Å². The van der Waals surface area contributed by atoms with Crippen molar-refractivity contribution in [3.8, 4) is 0 Å². The summed E-state index contributed by atoms with van der Waals surface area (Å²) in [4.78, 5) is 0. The van der Waals surface area contributed by atoms with E-state index in [2.05, 4.69) is 0 Å². The van der Waals surface area contributed by atoms with Crippen molar-refractivity contribution in [3.05, 3.63) is 0 Å². The second kappa shape index (κ2) is 4.77. The molecule has 3 atom stereocenters. The normalized spacial score (nSPS) is 35.8. The van der Waals surface area contributed by atoms with Crippen molar-refractivity contribution in [2.24, 2.45) is 0 Å². The fourth-order valence-corrected chi connectivity index (χ4v) is 1.39. The molecular formula is C8H16O4. The molecule has 1 aliphatic heterocycles. The van der Waals surface area contributed by atoms with Gasteiger partial charge in [-0.1, -0.05) is 0 Å². The van der Waals surface area contributed by atoms with Gasteiger partial charge in [-0.25, -0.2) is 0 Å². The average Bonchev–Trinajstić information content (AvgIpc) is 2.48. The molecular weight excluding hydrogens is 160 g/mol. The molecule has 0 saturated carbocycles. The van der Waals surface area contributed by atoms with Crippen molar-refractivity contribution in [2.75, 3.05) is 27.9 Å². The second-order valence-electron chi connectivity index (χ2n) is 2.80. The molecule has 1 aliphatic rings. The second-order valence-corrected chi connectivity index (χ2v) is 2.80. The van der Waals surface area contributed by atoms with E-state index in [1.165, 1.54) is 0 Å². The zero-order valence-corrected chi connectivity index (χ0v) is 7.78. The van der Waals surface area contributed by atoms with Crippen molar-refractivity contribution in [3.63, 3.8) is 0 Å².